The molecule has 0 spiro atoms. The van der Waals surface area contributed by atoms with Gasteiger partial charge in [0.2, 0.25) is 0 Å². The summed E-state index contributed by atoms with van der Waals surface area (Å²) in [4.78, 5) is 0. The number of rotatable bonds is 6. The smallest absolute Gasteiger partial charge is 0.0707 e. The molecule has 0 N–H and O–H groups in total. The van der Waals surface area contributed by atoms with E-state index in [2.05, 4.69) is 41.5 Å². The lowest BCUT2D eigenvalue weighted by Gasteiger charge is -2.20. The van der Waals surface area contributed by atoms with E-state index >= 15 is 0 Å². The predicted octanol–water partition coefficient (Wildman–Crippen LogP) is 3.35. The van der Waals surface area contributed by atoms with Crippen molar-refractivity contribution in [3.63, 3.8) is 0 Å². The van der Waals surface area contributed by atoms with Gasteiger partial charge in [-0.15, -0.1) is 0 Å². The summed E-state index contributed by atoms with van der Waals surface area (Å²) >= 11 is 1.93. The zero-order chi connectivity index (χ0) is 11.9. The van der Waals surface area contributed by atoms with E-state index in [0.29, 0.717) is 18.0 Å². The fourth-order valence-electron chi connectivity index (χ4n) is 0.916. The van der Waals surface area contributed by atoms with E-state index in [0.717, 1.165) is 12.4 Å². The second-order valence-corrected chi connectivity index (χ2v) is 7.46. The molecule has 0 aromatic heterocycles. The Bertz CT molecular complexity index is 138. The lowest BCUT2D eigenvalue weighted by Crippen LogP contribution is -2.22. The summed E-state index contributed by atoms with van der Waals surface area (Å²) in [6, 6.07) is 0. The van der Waals surface area contributed by atoms with Gasteiger partial charge in [-0.1, -0.05) is 20.8 Å². The molecule has 2 nitrogen and oxygen atoms in total. The second kappa shape index (κ2) is 6.77. The first kappa shape index (κ1) is 15.3. The maximum atomic E-state index is 5.55. The lowest BCUT2D eigenvalue weighted by molar-refractivity contribution is -0.0328. The van der Waals surface area contributed by atoms with Gasteiger partial charge in [0.15, 0.2) is 0 Å². The van der Waals surface area contributed by atoms with Gasteiger partial charge in [0.1, 0.15) is 0 Å². The second-order valence-electron chi connectivity index (χ2n) is 5.53. The molecule has 0 aromatic rings. The molecule has 0 heterocycles. The summed E-state index contributed by atoms with van der Waals surface area (Å²) in [6.07, 6.45) is 0. The highest BCUT2D eigenvalue weighted by Crippen LogP contribution is 2.22. The highest BCUT2D eigenvalue weighted by molar-refractivity contribution is 8.00. The minimum atomic E-state index is -0.0521. The molecule has 0 unspecified atom stereocenters. The van der Waals surface area contributed by atoms with Crippen LogP contribution in [0.5, 0.6) is 0 Å². The lowest BCUT2D eigenvalue weighted by atomic mass is 10.2. The molecule has 3 heteroatoms. The Morgan fingerprint density at radius 2 is 1.47 bits per heavy atom. The van der Waals surface area contributed by atoms with E-state index in [1.807, 2.05) is 11.8 Å². The van der Waals surface area contributed by atoms with Gasteiger partial charge in [-0.25, -0.2) is 0 Å². The molecule has 0 saturated heterocycles. The Morgan fingerprint density at radius 1 is 0.867 bits per heavy atom. The van der Waals surface area contributed by atoms with Gasteiger partial charge in [-0.3, -0.25) is 0 Å². The molecule has 0 aliphatic carbocycles. The van der Waals surface area contributed by atoms with E-state index in [1.54, 1.807) is 0 Å². The van der Waals surface area contributed by atoms with Gasteiger partial charge >= 0.3 is 0 Å². The standard InChI is InChI=1S/C12H26O2S/c1-11(2,3)14-8-7-13-9-10-15-12(4,5)6/h7-10H2,1-6H3. The van der Waals surface area contributed by atoms with Crippen molar-refractivity contribution in [1.82, 2.24) is 0 Å². The Hall–Kier alpha value is 0.270. The monoisotopic (exact) mass is 234 g/mol. The molecule has 0 rings (SSSR count). The largest absolute Gasteiger partial charge is 0.378 e. The number of hydrogen-bond donors (Lipinski definition) is 0. The third-order valence-corrected chi connectivity index (χ3v) is 2.76. The van der Waals surface area contributed by atoms with Gasteiger partial charge in [-0.05, 0) is 20.8 Å². The van der Waals surface area contributed by atoms with Crippen molar-refractivity contribution in [2.24, 2.45) is 0 Å². The molecule has 0 atom stereocenters. The molecule has 0 aliphatic heterocycles. The van der Waals surface area contributed by atoms with E-state index in [1.165, 1.54) is 0 Å². The van der Waals surface area contributed by atoms with Gasteiger partial charge in [0.25, 0.3) is 0 Å². The highest BCUT2D eigenvalue weighted by atomic mass is 32.2. The zero-order valence-electron chi connectivity index (χ0n) is 11.1. The first-order valence-corrected chi connectivity index (χ1v) is 6.55. The number of ether oxygens (including phenoxy) is 2. The SMILES string of the molecule is CC(C)(C)OCCOCCSC(C)(C)C. The zero-order valence-corrected chi connectivity index (χ0v) is 11.9. The first-order valence-electron chi connectivity index (χ1n) is 5.56. The van der Waals surface area contributed by atoms with E-state index in [4.69, 9.17) is 9.47 Å². The van der Waals surface area contributed by atoms with Crippen LogP contribution in [0.15, 0.2) is 0 Å². The van der Waals surface area contributed by atoms with Crippen LogP contribution >= 0.6 is 11.8 Å². The van der Waals surface area contributed by atoms with Crippen LogP contribution in [0.4, 0.5) is 0 Å². The summed E-state index contributed by atoms with van der Waals surface area (Å²) in [5, 5.41) is 0. The molecular weight excluding hydrogens is 208 g/mol. The van der Waals surface area contributed by atoms with Crippen molar-refractivity contribution in [3.8, 4) is 0 Å². The third-order valence-electron chi connectivity index (χ3n) is 1.53. The Morgan fingerprint density at radius 3 is 1.93 bits per heavy atom. The van der Waals surface area contributed by atoms with Crippen molar-refractivity contribution in [2.45, 2.75) is 51.9 Å². The van der Waals surface area contributed by atoms with Gasteiger partial charge < -0.3 is 9.47 Å². The van der Waals surface area contributed by atoms with Crippen molar-refractivity contribution in [1.29, 1.82) is 0 Å². The number of thioether (sulfide) groups is 1. The molecule has 0 saturated carbocycles. The van der Waals surface area contributed by atoms with Crippen LogP contribution in [0.1, 0.15) is 41.5 Å². The maximum absolute atomic E-state index is 5.55. The van der Waals surface area contributed by atoms with Crippen molar-refractivity contribution in [2.75, 3.05) is 25.6 Å². The normalized spacial score (nSPS) is 13.2. The van der Waals surface area contributed by atoms with Crippen molar-refractivity contribution < 1.29 is 9.47 Å². The van der Waals surface area contributed by atoms with E-state index in [-0.39, 0.29) is 5.60 Å². The molecule has 0 fully saturated rings. The average molecular weight is 234 g/mol. The minimum Gasteiger partial charge on any atom is -0.378 e. The first-order chi connectivity index (χ1) is 6.71. The molecule has 0 amide bonds. The maximum Gasteiger partial charge on any atom is 0.0707 e. The fourth-order valence-corrected chi connectivity index (χ4v) is 1.73. The molecule has 0 aromatic carbocycles. The predicted molar refractivity (Wildman–Crippen MR) is 68.7 cm³/mol. The Kier molecular flexibility index (Phi) is 6.89. The van der Waals surface area contributed by atoms with Crippen LogP contribution in [0.3, 0.4) is 0 Å². The molecule has 92 valence electrons. The summed E-state index contributed by atoms with van der Waals surface area (Å²) in [5.74, 6) is 1.05. The Labute approximate surface area is 99.1 Å². The number of hydrogen-bond acceptors (Lipinski definition) is 3. The van der Waals surface area contributed by atoms with Crippen LogP contribution in [0, 0.1) is 0 Å². The molecular formula is C12H26O2S. The van der Waals surface area contributed by atoms with Crippen molar-refractivity contribution >= 4 is 11.8 Å². The summed E-state index contributed by atoms with van der Waals surface area (Å²) < 4.78 is 11.4. The van der Waals surface area contributed by atoms with Gasteiger partial charge in [0.05, 0.1) is 25.4 Å². The molecule has 15 heavy (non-hydrogen) atoms. The summed E-state index contributed by atoms with van der Waals surface area (Å²) in [7, 11) is 0. The van der Waals surface area contributed by atoms with Crippen LogP contribution in [-0.4, -0.2) is 35.9 Å². The van der Waals surface area contributed by atoms with Crippen LogP contribution in [-0.2, 0) is 9.47 Å². The van der Waals surface area contributed by atoms with Crippen LogP contribution < -0.4 is 0 Å². The topological polar surface area (TPSA) is 18.5 Å². The summed E-state index contributed by atoms with van der Waals surface area (Å²) in [5.41, 5.74) is -0.0521. The molecule has 0 bridgehead atoms. The van der Waals surface area contributed by atoms with E-state index < -0.39 is 0 Å². The van der Waals surface area contributed by atoms with Crippen LogP contribution in [0.2, 0.25) is 0 Å². The Balaban J connectivity index is 3.20. The molecule has 0 aliphatic rings. The summed E-state index contributed by atoms with van der Waals surface area (Å²) in [6.45, 7) is 15.0. The van der Waals surface area contributed by atoms with Gasteiger partial charge in [-0.2, -0.15) is 11.8 Å². The fraction of sp³-hybridized carbons (Fsp3) is 1.00. The third kappa shape index (κ3) is 14.3. The van der Waals surface area contributed by atoms with E-state index in [9.17, 15) is 0 Å². The minimum absolute atomic E-state index is 0.0521. The van der Waals surface area contributed by atoms with Crippen LogP contribution in [0.25, 0.3) is 0 Å². The molecule has 0 radical (unpaired) electrons. The van der Waals surface area contributed by atoms with Crippen molar-refractivity contribution in [3.05, 3.63) is 0 Å². The van der Waals surface area contributed by atoms with Gasteiger partial charge in [0, 0.05) is 10.5 Å². The highest BCUT2D eigenvalue weighted by Gasteiger charge is 2.10. The quantitative estimate of drug-likeness (QED) is 0.657. The average Bonchev–Trinajstić information content (AvgIpc) is 1.98.